The molecular formula is C13H19ClN2O3. The topological polar surface area (TPSA) is 70.6 Å². The van der Waals surface area contributed by atoms with Crippen LogP contribution in [0.4, 0.5) is 0 Å². The molecule has 0 bridgehead atoms. The lowest BCUT2D eigenvalue weighted by Gasteiger charge is -2.09. The predicted octanol–water partition coefficient (Wildman–Crippen LogP) is 0.805. The van der Waals surface area contributed by atoms with Gasteiger partial charge in [-0.2, -0.15) is 0 Å². The van der Waals surface area contributed by atoms with E-state index in [0.717, 1.165) is 0 Å². The van der Waals surface area contributed by atoms with Crippen molar-refractivity contribution in [3.63, 3.8) is 0 Å². The van der Waals surface area contributed by atoms with Crippen LogP contribution in [0.3, 0.4) is 0 Å². The number of benzene rings is 1. The number of carbonyl (C=O) groups excluding carboxylic acids is 1. The van der Waals surface area contributed by atoms with Crippen LogP contribution >= 0.6 is 11.6 Å². The highest BCUT2D eigenvalue weighted by molar-refractivity contribution is 6.30. The molecule has 0 saturated heterocycles. The summed E-state index contributed by atoms with van der Waals surface area (Å²) in [6, 6.07) is 6.82. The van der Waals surface area contributed by atoms with E-state index >= 15 is 0 Å². The molecule has 6 heteroatoms. The maximum Gasteiger partial charge on any atom is 0.257 e. The number of aliphatic hydroxyl groups excluding tert-OH is 1. The number of carbonyl (C=O) groups is 1. The van der Waals surface area contributed by atoms with Gasteiger partial charge < -0.3 is 20.5 Å². The molecule has 1 amide bonds. The third kappa shape index (κ3) is 7.66. The van der Waals surface area contributed by atoms with Gasteiger partial charge in [-0.05, 0) is 31.2 Å². The van der Waals surface area contributed by atoms with E-state index in [4.69, 9.17) is 21.4 Å². The number of amides is 1. The first kappa shape index (κ1) is 15.8. The smallest absolute Gasteiger partial charge is 0.257 e. The first-order valence-corrected chi connectivity index (χ1v) is 6.49. The number of rotatable bonds is 8. The van der Waals surface area contributed by atoms with E-state index in [1.165, 1.54) is 0 Å². The van der Waals surface area contributed by atoms with Crippen molar-refractivity contribution in [2.45, 2.75) is 13.0 Å². The van der Waals surface area contributed by atoms with Gasteiger partial charge in [0.1, 0.15) is 5.75 Å². The zero-order valence-corrected chi connectivity index (χ0v) is 11.6. The Bertz CT molecular complexity index is 382. The summed E-state index contributed by atoms with van der Waals surface area (Å²) in [6.45, 7) is 3.29. The van der Waals surface area contributed by atoms with Crippen molar-refractivity contribution >= 4 is 17.5 Å². The predicted molar refractivity (Wildman–Crippen MR) is 74.5 cm³/mol. The summed E-state index contributed by atoms with van der Waals surface area (Å²) < 4.78 is 5.29. The monoisotopic (exact) mass is 286 g/mol. The van der Waals surface area contributed by atoms with Crippen LogP contribution in [0.25, 0.3) is 0 Å². The molecule has 106 valence electrons. The Hall–Kier alpha value is -1.30. The summed E-state index contributed by atoms with van der Waals surface area (Å²) in [5.74, 6) is 0.417. The van der Waals surface area contributed by atoms with Crippen LogP contribution in [0.15, 0.2) is 24.3 Å². The number of hydrogen-bond donors (Lipinski definition) is 3. The van der Waals surface area contributed by atoms with E-state index in [2.05, 4.69) is 10.6 Å². The maximum atomic E-state index is 11.4. The van der Waals surface area contributed by atoms with E-state index in [0.29, 0.717) is 30.4 Å². The number of hydrogen-bond acceptors (Lipinski definition) is 4. The van der Waals surface area contributed by atoms with Crippen LogP contribution in [0.5, 0.6) is 5.75 Å². The summed E-state index contributed by atoms with van der Waals surface area (Å²) in [6.07, 6.45) is -0.385. The van der Waals surface area contributed by atoms with Crippen molar-refractivity contribution in [1.82, 2.24) is 10.6 Å². The van der Waals surface area contributed by atoms with Crippen LogP contribution < -0.4 is 15.4 Å². The SMILES string of the molecule is CC(O)CNCCNC(=O)COc1ccc(Cl)cc1. The number of ether oxygens (including phenoxy) is 1. The van der Waals surface area contributed by atoms with Crippen LogP contribution in [-0.4, -0.2) is 43.4 Å². The Kier molecular flexibility index (Phi) is 7.25. The standard InChI is InChI=1S/C13H19ClN2O3/c1-10(17)8-15-6-7-16-13(18)9-19-12-4-2-11(14)3-5-12/h2-5,10,15,17H,6-9H2,1H3,(H,16,18). The molecule has 5 nitrogen and oxygen atoms in total. The van der Waals surface area contributed by atoms with Gasteiger partial charge in [-0.1, -0.05) is 11.6 Å². The van der Waals surface area contributed by atoms with Gasteiger partial charge in [0.15, 0.2) is 6.61 Å². The second-order valence-electron chi connectivity index (χ2n) is 4.15. The molecule has 1 aromatic rings. The van der Waals surface area contributed by atoms with Gasteiger partial charge in [0.2, 0.25) is 0 Å². The average Bonchev–Trinajstić information content (AvgIpc) is 2.37. The van der Waals surface area contributed by atoms with Crippen molar-refractivity contribution in [3.05, 3.63) is 29.3 Å². The van der Waals surface area contributed by atoms with Crippen molar-refractivity contribution < 1.29 is 14.6 Å². The minimum absolute atomic E-state index is 0.0297. The molecule has 0 heterocycles. The van der Waals surface area contributed by atoms with E-state index in [1.807, 2.05) is 0 Å². The van der Waals surface area contributed by atoms with Crippen LogP contribution in [0.2, 0.25) is 5.02 Å². The van der Waals surface area contributed by atoms with Crippen molar-refractivity contribution in [1.29, 1.82) is 0 Å². The fraction of sp³-hybridized carbons (Fsp3) is 0.462. The Morgan fingerprint density at radius 1 is 1.37 bits per heavy atom. The maximum absolute atomic E-state index is 11.4. The van der Waals surface area contributed by atoms with Gasteiger partial charge in [-0.15, -0.1) is 0 Å². The zero-order valence-electron chi connectivity index (χ0n) is 10.9. The minimum Gasteiger partial charge on any atom is -0.484 e. The molecule has 1 unspecified atom stereocenters. The van der Waals surface area contributed by atoms with Crippen molar-refractivity contribution in [2.24, 2.45) is 0 Å². The van der Waals surface area contributed by atoms with Gasteiger partial charge in [0.05, 0.1) is 6.10 Å². The van der Waals surface area contributed by atoms with Crippen LogP contribution in [0.1, 0.15) is 6.92 Å². The van der Waals surface area contributed by atoms with Gasteiger partial charge in [0, 0.05) is 24.7 Å². The van der Waals surface area contributed by atoms with E-state index in [9.17, 15) is 4.79 Å². The Labute approximate surface area is 117 Å². The molecule has 0 aliphatic heterocycles. The van der Waals surface area contributed by atoms with Crippen molar-refractivity contribution in [2.75, 3.05) is 26.2 Å². The second kappa shape index (κ2) is 8.74. The van der Waals surface area contributed by atoms with Crippen LogP contribution in [0, 0.1) is 0 Å². The van der Waals surface area contributed by atoms with Gasteiger partial charge >= 0.3 is 0 Å². The average molecular weight is 287 g/mol. The third-order valence-corrected chi connectivity index (χ3v) is 2.50. The van der Waals surface area contributed by atoms with E-state index in [-0.39, 0.29) is 18.6 Å². The Balaban J connectivity index is 2.09. The summed E-state index contributed by atoms with van der Waals surface area (Å²) >= 11 is 5.74. The summed E-state index contributed by atoms with van der Waals surface area (Å²) in [5, 5.41) is 15.3. The fourth-order valence-electron chi connectivity index (χ4n) is 1.33. The first-order chi connectivity index (χ1) is 9.08. The Morgan fingerprint density at radius 3 is 2.68 bits per heavy atom. The lowest BCUT2D eigenvalue weighted by molar-refractivity contribution is -0.123. The largest absolute Gasteiger partial charge is 0.484 e. The highest BCUT2D eigenvalue weighted by atomic mass is 35.5. The lowest BCUT2D eigenvalue weighted by atomic mass is 10.3. The third-order valence-electron chi connectivity index (χ3n) is 2.25. The quantitative estimate of drug-likeness (QED) is 0.619. The first-order valence-electron chi connectivity index (χ1n) is 6.12. The lowest BCUT2D eigenvalue weighted by Crippen LogP contribution is -2.36. The molecule has 1 rings (SSSR count). The minimum atomic E-state index is -0.385. The summed E-state index contributed by atoms with van der Waals surface area (Å²) in [5.41, 5.74) is 0. The Morgan fingerprint density at radius 2 is 2.05 bits per heavy atom. The molecule has 0 fully saturated rings. The molecule has 0 spiro atoms. The summed E-state index contributed by atoms with van der Waals surface area (Å²) in [4.78, 5) is 11.4. The number of aliphatic hydroxyl groups is 1. The van der Waals surface area contributed by atoms with E-state index in [1.54, 1.807) is 31.2 Å². The molecule has 3 N–H and O–H groups in total. The zero-order chi connectivity index (χ0) is 14.1. The molecule has 1 atom stereocenters. The number of halogens is 1. The molecule has 0 aliphatic rings. The fourth-order valence-corrected chi connectivity index (χ4v) is 1.46. The normalized spacial score (nSPS) is 11.9. The molecule has 0 aliphatic carbocycles. The number of nitrogens with one attached hydrogen (secondary N) is 2. The molecule has 0 radical (unpaired) electrons. The highest BCUT2D eigenvalue weighted by Crippen LogP contribution is 2.15. The van der Waals surface area contributed by atoms with Crippen molar-refractivity contribution in [3.8, 4) is 5.75 Å². The van der Waals surface area contributed by atoms with Gasteiger partial charge in [-0.25, -0.2) is 0 Å². The van der Waals surface area contributed by atoms with E-state index < -0.39 is 0 Å². The van der Waals surface area contributed by atoms with Crippen LogP contribution in [-0.2, 0) is 4.79 Å². The molecule has 19 heavy (non-hydrogen) atoms. The molecular weight excluding hydrogens is 268 g/mol. The molecule has 0 saturated carbocycles. The molecule has 1 aromatic carbocycles. The highest BCUT2D eigenvalue weighted by Gasteiger charge is 2.02. The van der Waals surface area contributed by atoms with Gasteiger partial charge in [-0.3, -0.25) is 4.79 Å². The molecule has 0 aromatic heterocycles. The van der Waals surface area contributed by atoms with Gasteiger partial charge in [0.25, 0.3) is 5.91 Å². The second-order valence-corrected chi connectivity index (χ2v) is 4.58. The summed E-state index contributed by atoms with van der Waals surface area (Å²) in [7, 11) is 0.